The summed E-state index contributed by atoms with van der Waals surface area (Å²) in [6, 6.07) is 6.29. The third-order valence-electron chi connectivity index (χ3n) is 3.93. The molecule has 0 bridgehead atoms. The van der Waals surface area contributed by atoms with Gasteiger partial charge in [0.1, 0.15) is 5.75 Å². The van der Waals surface area contributed by atoms with Crippen LogP contribution in [0.25, 0.3) is 0 Å². The van der Waals surface area contributed by atoms with Crippen molar-refractivity contribution in [3.8, 4) is 5.75 Å². The predicted molar refractivity (Wildman–Crippen MR) is 81.1 cm³/mol. The van der Waals surface area contributed by atoms with Gasteiger partial charge in [0.15, 0.2) is 0 Å². The highest BCUT2D eigenvalue weighted by Crippen LogP contribution is 2.23. The van der Waals surface area contributed by atoms with Gasteiger partial charge in [-0.15, -0.1) is 0 Å². The molecule has 2 rings (SSSR count). The van der Waals surface area contributed by atoms with Crippen LogP contribution in [0.5, 0.6) is 5.75 Å². The molecule has 1 heterocycles. The maximum atomic E-state index is 5.51. The number of nitrogens with zero attached hydrogens (tertiary/aromatic N) is 1. The largest absolute Gasteiger partial charge is 0.494 e. The van der Waals surface area contributed by atoms with Crippen molar-refractivity contribution in [3.63, 3.8) is 0 Å². The Kier molecular flexibility index (Phi) is 5.08. The van der Waals surface area contributed by atoms with Crippen molar-refractivity contribution in [1.29, 1.82) is 0 Å². The molecule has 1 N–H and O–H groups in total. The number of anilines is 1. The van der Waals surface area contributed by atoms with E-state index in [1.54, 1.807) is 0 Å². The lowest BCUT2D eigenvalue weighted by molar-refractivity contribution is 0.226. The average molecular weight is 262 g/mol. The first-order chi connectivity index (χ1) is 9.19. The molecule has 3 nitrogen and oxygen atoms in total. The van der Waals surface area contributed by atoms with Gasteiger partial charge in [-0.1, -0.05) is 0 Å². The molecule has 0 unspecified atom stereocenters. The van der Waals surface area contributed by atoms with Crippen molar-refractivity contribution in [3.05, 3.63) is 23.8 Å². The maximum Gasteiger partial charge on any atom is 0.119 e. The second-order valence-corrected chi connectivity index (χ2v) is 5.54. The summed E-state index contributed by atoms with van der Waals surface area (Å²) in [6.45, 7) is 8.43. The first-order valence-corrected chi connectivity index (χ1v) is 7.35. The zero-order chi connectivity index (χ0) is 13.7. The lowest BCUT2D eigenvalue weighted by atomic mass is 9.97. The van der Waals surface area contributed by atoms with Gasteiger partial charge in [-0.3, -0.25) is 0 Å². The van der Waals surface area contributed by atoms with Crippen molar-refractivity contribution >= 4 is 5.69 Å². The molecule has 0 amide bonds. The van der Waals surface area contributed by atoms with E-state index in [9.17, 15) is 0 Å². The fourth-order valence-electron chi connectivity index (χ4n) is 2.61. The monoisotopic (exact) mass is 262 g/mol. The molecule has 0 aliphatic carbocycles. The van der Waals surface area contributed by atoms with Gasteiger partial charge < -0.3 is 15.0 Å². The average Bonchev–Trinajstić information content (AvgIpc) is 2.40. The number of nitrogens with one attached hydrogen (secondary N) is 1. The van der Waals surface area contributed by atoms with E-state index in [4.69, 9.17) is 4.74 Å². The van der Waals surface area contributed by atoms with E-state index in [2.05, 4.69) is 36.3 Å². The highest BCUT2D eigenvalue weighted by Gasteiger charge is 2.16. The number of hydrogen-bond donors (Lipinski definition) is 1. The number of aryl methyl sites for hydroxylation is 1. The molecule has 1 fully saturated rings. The van der Waals surface area contributed by atoms with Crippen LogP contribution in [0.1, 0.15) is 25.3 Å². The molecule has 1 aromatic rings. The molecule has 3 heteroatoms. The molecule has 0 saturated carbocycles. The third kappa shape index (κ3) is 4.13. The first-order valence-electron chi connectivity index (χ1n) is 7.35. The summed E-state index contributed by atoms with van der Waals surface area (Å²) >= 11 is 0. The SMILES string of the molecule is CCOc1ccc(NCC2CCN(C)CC2)c(C)c1. The maximum absolute atomic E-state index is 5.51. The lowest BCUT2D eigenvalue weighted by Gasteiger charge is -2.29. The summed E-state index contributed by atoms with van der Waals surface area (Å²) in [5.41, 5.74) is 2.50. The molecule has 0 atom stereocenters. The number of hydrogen-bond acceptors (Lipinski definition) is 3. The zero-order valence-corrected chi connectivity index (χ0v) is 12.4. The number of ether oxygens (including phenoxy) is 1. The van der Waals surface area contributed by atoms with Crippen LogP contribution in [0.3, 0.4) is 0 Å². The summed E-state index contributed by atoms with van der Waals surface area (Å²) in [5, 5.41) is 3.59. The topological polar surface area (TPSA) is 24.5 Å². The smallest absolute Gasteiger partial charge is 0.119 e. The Hall–Kier alpha value is -1.22. The van der Waals surface area contributed by atoms with Crippen LogP contribution in [0.4, 0.5) is 5.69 Å². The van der Waals surface area contributed by atoms with Crippen molar-refractivity contribution in [2.24, 2.45) is 5.92 Å². The van der Waals surface area contributed by atoms with Crippen LogP contribution in [0.15, 0.2) is 18.2 Å². The van der Waals surface area contributed by atoms with Gasteiger partial charge in [0.05, 0.1) is 6.61 Å². The minimum atomic E-state index is 0.724. The summed E-state index contributed by atoms with van der Waals surface area (Å²) in [6.07, 6.45) is 2.61. The summed E-state index contributed by atoms with van der Waals surface area (Å²) < 4.78 is 5.51. The standard InChI is InChI=1S/C16H26N2O/c1-4-19-15-5-6-16(13(2)11-15)17-12-14-7-9-18(3)10-8-14/h5-6,11,14,17H,4,7-10,12H2,1-3H3. The molecule has 19 heavy (non-hydrogen) atoms. The number of piperidine rings is 1. The van der Waals surface area contributed by atoms with Crippen molar-refractivity contribution in [1.82, 2.24) is 4.90 Å². The molecule has 0 radical (unpaired) electrons. The van der Waals surface area contributed by atoms with Crippen LogP contribution < -0.4 is 10.1 Å². The Bertz CT molecular complexity index is 398. The van der Waals surface area contributed by atoms with Gasteiger partial charge in [-0.05, 0) is 76.5 Å². The zero-order valence-electron chi connectivity index (χ0n) is 12.4. The van der Waals surface area contributed by atoms with E-state index >= 15 is 0 Å². The molecule has 0 aromatic heterocycles. The number of benzene rings is 1. The molecule has 1 aliphatic heterocycles. The Morgan fingerprint density at radius 2 is 2.05 bits per heavy atom. The molecular formula is C16H26N2O. The molecule has 1 aliphatic rings. The molecular weight excluding hydrogens is 236 g/mol. The van der Waals surface area contributed by atoms with Crippen LogP contribution >= 0.6 is 0 Å². The lowest BCUT2D eigenvalue weighted by Crippen LogP contribution is -2.33. The Morgan fingerprint density at radius 1 is 1.32 bits per heavy atom. The number of likely N-dealkylation sites (tertiary alicyclic amines) is 1. The highest BCUT2D eigenvalue weighted by molar-refractivity contribution is 5.53. The van der Waals surface area contributed by atoms with Crippen LogP contribution in [0, 0.1) is 12.8 Å². The van der Waals surface area contributed by atoms with Gasteiger partial charge in [-0.25, -0.2) is 0 Å². The third-order valence-corrected chi connectivity index (χ3v) is 3.93. The molecule has 0 spiro atoms. The minimum absolute atomic E-state index is 0.724. The fourth-order valence-corrected chi connectivity index (χ4v) is 2.61. The predicted octanol–water partition coefficient (Wildman–Crippen LogP) is 3.15. The van der Waals surface area contributed by atoms with E-state index in [1.807, 2.05) is 13.0 Å². The summed E-state index contributed by atoms with van der Waals surface area (Å²) in [5.74, 6) is 1.77. The molecule has 106 valence electrons. The summed E-state index contributed by atoms with van der Waals surface area (Å²) in [7, 11) is 2.21. The molecule has 1 saturated heterocycles. The van der Waals surface area contributed by atoms with E-state index in [0.29, 0.717) is 0 Å². The Morgan fingerprint density at radius 3 is 2.68 bits per heavy atom. The van der Waals surface area contributed by atoms with E-state index in [0.717, 1.165) is 24.8 Å². The quantitative estimate of drug-likeness (QED) is 0.882. The van der Waals surface area contributed by atoms with Crippen LogP contribution in [-0.4, -0.2) is 38.2 Å². The molecule has 1 aromatic carbocycles. The van der Waals surface area contributed by atoms with E-state index in [1.165, 1.54) is 37.2 Å². The van der Waals surface area contributed by atoms with Gasteiger partial charge in [0.25, 0.3) is 0 Å². The van der Waals surface area contributed by atoms with Crippen LogP contribution in [-0.2, 0) is 0 Å². The normalized spacial score (nSPS) is 17.4. The van der Waals surface area contributed by atoms with Crippen molar-refractivity contribution < 1.29 is 4.74 Å². The summed E-state index contributed by atoms with van der Waals surface area (Å²) in [4.78, 5) is 2.42. The van der Waals surface area contributed by atoms with Gasteiger partial charge in [0.2, 0.25) is 0 Å². The Balaban J connectivity index is 1.85. The Labute approximate surface area is 116 Å². The second-order valence-electron chi connectivity index (χ2n) is 5.54. The number of rotatable bonds is 5. The minimum Gasteiger partial charge on any atom is -0.494 e. The van der Waals surface area contributed by atoms with E-state index < -0.39 is 0 Å². The van der Waals surface area contributed by atoms with Crippen molar-refractivity contribution in [2.45, 2.75) is 26.7 Å². The van der Waals surface area contributed by atoms with Gasteiger partial charge >= 0.3 is 0 Å². The van der Waals surface area contributed by atoms with Crippen molar-refractivity contribution in [2.75, 3.05) is 38.6 Å². The second kappa shape index (κ2) is 6.80. The first kappa shape index (κ1) is 14.2. The van der Waals surface area contributed by atoms with Crippen LogP contribution in [0.2, 0.25) is 0 Å². The van der Waals surface area contributed by atoms with Gasteiger partial charge in [-0.2, -0.15) is 0 Å². The fraction of sp³-hybridized carbons (Fsp3) is 0.625. The van der Waals surface area contributed by atoms with E-state index in [-0.39, 0.29) is 0 Å². The highest BCUT2D eigenvalue weighted by atomic mass is 16.5. The van der Waals surface area contributed by atoms with Gasteiger partial charge in [0, 0.05) is 12.2 Å².